The average molecular weight is 421 g/mol. The van der Waals surface area contributed by atoms with Gasteiger partial charge in [0.2, 0.25) is 15.9 Å². The summed E-state index contributed by atoms with van der Waals surface area (Å²) in [6, 6.07) is 8.69. The molecule has 0 atom stereocenters. The Morgan fingerprint density at radius 1 is 1.17 bits per heavy atom. The van der Waals surface area contributed by atoms with E-state index in [9.17, 15) is 18.5 Å². The molecular formula is C20H28N4O4S. The first kappa shape index (κ1) is 21.6. The lowest BCUT2D eigenvalue weighted by molar-refractivity contribution is -0.123. The average Bonchev–Trinajstić information content (AvgIpc) is 3.18. The number of hydrogen-bond acceptors (Lipinski definition) is 6. The molecule has 0 unspecified atom stereocenters. The molecule has 0 radical (unpaired) electrons. The van der Waals surface area contributed by atoms with Crippen LogP contribution in [0.2, 0.25) is 0 Å². The van der Waals surface area contributed by atoms with E-state index in [0.29, 0.717) is 51.4 Å². The molecule has 158 valence electrons. The summed E-state index contributed by atoms with van der Waals surface area (Å²) in [5, 5.41) is 12.3. The van der Waals surface area contributed by atoms with Crippen LogP contribution in [0.3, 0.4) is 0 Å². The number of rotatable bonds is 7. The van der Waals surface area contributed by atoms with Crippen molar-refractivity contribution < 1.29 is 17.9 Å². The normalized spacial score (nSPS) is 20.1. The molecule has 0 spiro atoms. The van der Waals surface area contributed by atoms with Crippen LogP contribution in [0.15, 0.2) is 29.2 Å². The summed E-state index contributed by atoms with van der Waals surface area (Å²) < 4.78 is 32.5. The van der Waals surface area contributed by atoms with E-state index in [0.717, 1.165) is 12.8 Å². The Balaban J connectivity index is 1.53. The summed E-state index contributed by atoms with van der Waals surface area (Å²) >= 11 is 0. The van der Waals surface area contributed by atoms with Crippen LogP contribution in [0.5, 0.6) is 5.75 Å². The molecule has 3 rings (SSSR count). The van der Waals surface area contributed by atoms with E-state index >= 15 is 0 Å². The summed E-state index contributed by atoms with van der Waals surface area (Å²) in [5.41, 5.74) is -0.726. The standard InChI is InChI=1S/C20H28N4O4S/c1-2-28-17-5-7-18(8-6-17)29(26,27)24-13-11-23(12-14-24)15-19(25)22-20(16-21)9-3-4-10-20/h5-8H,2-4,9-15H2,1H3,(H,22,25). The molecular weight excluding hydrogens is 392 g/mol. The molecule has 2 fully saturated rings. The molecule has 8 nitrogen and oxygen atoms in total. The van der Waals surface area contributed by atoms with Crippen molar-refractivity contribution in [3.05, 3.63) is 24.3 Å². The van der Waals surface area contributed by atoms with Gasteiger partial charge in [-0.25, -0.2) is 8.42 Å². The topological polar surface area (TPSA) is 103 Å². The molecule has 1 amide bonds. The van der Waals surface area contributed by atoms with Crippen LogP contribution in [-0.2, 0) is 14.8 Å². The van der Waals surface area contributed by atoms with Crippen LogP contribution < -0.4 is 10.1 Å². The number of nitriles is 1. The van der Waals surface area contributed by atoms with Crippen molar-refractivity contribution in [1.29, 1.82) is 5.26 Å². The minimum Gasteiger partial charge on any atom is -0.494 e. The third-order valence-corrected chi connectivity index (χ3v) is 7.43. The largest absolute Gasteiger partial charge is 0.494 e. The number of carbonyl (C=O) groups is 1. The Morgan fingerprint density at radius 2 is 1.79 bits per heavy atom. The number of sulfonamides is 1. The zero-order valence-electron chi connectivity index (χ0n) is 16.8. The van der Waals surface area contributed by atoms with Crippen molar-refractivity contribution in [1.82, 2.24) is 14.5 Å². The number of benzene rings is 1. The monoisotopic (exact) mass is 420 g/mol. The zero-order chi connectivity index (χ0) is 20.9. The van der Waals surface area contributed by atoms with Gasteiger partial charge in [0.25, 0.3) is 0 Å². The number of carbonyl (C=O) groups excluding carboxylic acids is 1. The van der Waals surface area contributed by atoms with E-state index in [1.165, 1.54) is 4.31 Å². The predicted molar refractivity (Wildman–Crippen MR) is 108 cm³/mol. The number of nitrogens with one attached hydrogen (secondary N) is 1. The Bertz CT molecular complexity index is 849. The van der Waals surface area contributed by atoms with Crippen molar-refractivity contribution in [3.8, 4) is 11.8 Å². The van der Waals surface area contributed by atoms with E-state index < -0.39 is 15.6 Å². The number of piperazine rings is 1. The third kappa shape index (κ3) is 5.07. The Labute approximate surface area is 172 Å². The number of amides is 1. The molecule has 1 N–H and O–H groups in total. The minimum atomic E-state index is -3.57. The molecule has 1 aliphatic heterocycles. The molecule has 1 heterocycles. The van der Waals surface area contributed by atoms with Gasteiger partial charge in [-0.3, -0.25) is 9.69 Å². The van der Waals surface area contributed by atoms with E-state index in [2.05, 4.69) is 11.4 Å². The molecule has 1 aliphatic carbocycles. The van der Waals surface area contributed by atoms with Gasteiger partial charge in [0.05, 0.1) is 24.1 Å². The summed E-state index contributed by atoms with van der Waals surface area (Å²) in [4.78, 5) is 14.5. The molecule has 1 aromatic carbocycles. The van der Waals surface area contributed by atoms with Crippen molar-refractivity contribution in [2.75, 3.05) is 39.3 Å². The molecule has 9 heteroatoms. The van der Waals surface area contributed by atoms with Crippen LogP contribution in [0.1, 0.15) is 32.6 Å². The van der Waals surface area contributed by atoms with Gasteiger partial charge in [-0.15, -0.1) is 0 Å². The first-order valence-electron chi connectivity index (χ1n) is 10.1. The highest BCUT2D eigenvalue weighted by molar-refractivity contribution is 7.89. The molecule has 0 aromatic heterocycles. The van der Waals surface area contributed by atoms with Crippen molar-refractivity contribution in [3.63, 3.8) is 0 Å². The van der Waals surface area contributed by atoms with Gasteiger partial charge in [-0.2, -0.15) is 9.57 Å². The lowest BCUT2D eigenvalue weighted by atomic mass is 10.00. The maximum absolute atomic E-state index is 12.8. The number of hydrogen-bond donors (Lipinski definition) is 1. The highest BCUT2D eigenvalue weighted by Crippen LogP contribution is 2.28. The van der Waals surface area contributed by atoms with Gasteiger partial charge in [0.1, 0.15) is 11.3 Å². The fourth-order valence-electron chi connectivity index (χ4n) is 3.90. The van der Waals surface area contributed by atoms with Gasteiger partial charge in [0, 0.05) is 26.2 Å². The lowest BCUT2D eigenvalue weighted by Crippen LogP contribution is -2.53. The second-order valence-electron chi connectivity index (χ2n) is 7.53. The molecule has 1 saturated heterocycles. The van der Waals surface area contributed by atoms with Gasteiger partial charge in [0.15, 0.2) is 0 Å². The highest BCUT2D eigenvalue weighted by atomic mass is 32.2. The van der Waals surface area contributed by atoms with E-state index in [1.807, 2.05) is 11.8 Å². The number of nitrogens with zero attached hydrogens (tertiary/aromatic N) is 3. The summed E-state index contributed by atoms with van der Waals surface area (Å²) in [7, 11) is -3.57. The molecule has 1 saturated carbocycles. The maximum Gasteiger partial charge on any atom is 0.243 e. The second kappa shape index (κ2) is 9.11. The number of ether oxygens (including phenoxy) is 1. The fourth-order valence-corrected chi connectivity index (χ4v) is 5.33. The first-order chi connectivity index (χ1) is 13.9. The Kier molecular flexibility index (Phi) is 6.77. The van der Waals surface area contributed by atoms with Gasteiger partial charge in [-0.1, -0.05) is 0 Å². The van der Waals surface area contributed by atoms with Crippen molar-refractivity contribution in [2.45, 2.75) is 43.0 Å². The highest BCUT2D eigenvalue weighted by Gasteiger charge is 2.36. The summed E-state index contributed by atoms with van der Waals surface area (Å²) in [6.45, 7) is 4.18. The van der Waals surface area contributed by atoms with Crippen molar-refractivity contribution >= 4 is 15.9 Å². The Hall–Kier alpha value is -2.15. The van der Waals surface area contributed by atoms with Crippen LogP contribution in [0, 0.1) is 11.3 Å². The quantitative estimate of drug-likeness (QED) is 0.714. The fraction of sp³-hybridized carbons (Fsp3) is 0.600. The molecule has 1 aromatic rings. The Morgan fingerprint density at radius 3 is 2.34 bits per heavy atom. The second-order valence-corrected chi connectivity index (χ2v) is 9.47. The maximum atomic E-state index is 12.8. The minimum absolute atomic E-state index is 0.170. The van der Waals surface area contributed by atoms with E-state index in [1.54, 1.807) is 24.3 Å². The van der Waals surface area contributed by atoms with E-state index in [4.69, 9.17) is 4.74 Å². The smallest absolute Gasteiger partial charge is 0.243 e. The SMILES string of the molecule is CCOc1ccc(S(=O)(=O)N2CCN(CC(=O)NC3(C#N)CCCC3)CC2)cc1. The third-order valence-electron chi connectivity index (χ3n) is 5.52. The van der Waals surface area contributed by atoms with Gasteiger partial charge in [-0.05, 0) is 56.9 Å². The van der Waals surface area contributed by atoms with Crippen LogP contribution >= 0.6 is 0 Å². The van der Waals surface area contributed by atoms with Crippen LogP contribution in [0.4, 0.5) is 0 Å². The van der Waals surface area contributed by atoms with Gasteiger partial charge < -0.3 is 10.1 Å². The lowest BCUT2D eigenvalue weighted by Gasteiger charge is -2.34. The van der Waals surface area contributed by atoms with Crippen LogP contribution in [-0.4, -0.2) is 68.4 Å². The first-order valence-corrected chi connectivity index (χ1v) is 11.5. The molecule has 29 heavy (non-hydrogen) atoms. The zero-order valence-corrected chi connectivity index (χ0v) is 17.6. The van der Waals surface area contributed by atoms with E-state index in [-0.39, 0.29) is 17.3 Å². The van der Waals surface area contributed by atoms with Gasteiger partial charge >= 0.3 is 0 Å². The molecule has 0 bridgehead atoms. The summed E-state index contributed by atoms with van der Waals surface area (Å²) in [5.74, 6) is 0.468. The van der Waals surface area contributed by atoms with Crippen molar-refractivity contribution in [2.24, 2.45) is 0 Å². The molecule has 2 aliphatic rings. The van der Waals surface area contributed by atoms with Crippen LogP contribution in [0.25, 0.3) is 0 Å². The summed E-state index contributed by atoms with van der Waals surface area (Å²) in [6.07, 6.45) is 3.30. The predicted octanol–water partition coefficient (Wildman–Crippen LogP) is 1.34.